The standard InChI is InChI=1S/C22H25ClF3N3O3/c1-14-3-4-18(19(11-14)32-10-9-31-2)28-21(30)15-5-7-29(8-6-15)20-17(23)12-16(13-27-20)22(24,25)26/h3-4,11-13,15H,5-10H2,1-2H3,(H,28,30). The summed E-state index contributed by atoms with van der Waals surface area (Å²) < 4.78 is 49.2. The van der Waals surface area contributed by atoms with Crippen LogP contribution in [0.25, 0.3) is 0 Å². The third-order valence-corrected chi connectivity index (χ3v) is 5.53. The molecule has 2 aromatic rings. The number of hydrogen-bond donors (Lipinski definition) is 1. The number of aromatic nitrogens is 1. The van der Waals surface area contributed by atoms with Crippen LogP contribution in [0.15, 0.2) is 30.5 Å². The van der Waals surface area contributed by atoms with Crippen molar-refractivity contribution >= 4 is 29.0 Å². The number of benzene rings is 1. The van der Waals surface area contributed by atoms with E-state index in [1.807, 2.05) is 19.1 Å². The van der Waals surface area contributed by atoms with Crippen molar-refractivity contribution in [2.75, 3.05) is 43.6 Å². The predicted octanol–water partition coefficient (Wildman–Crippen LogP) is 4.94. The second-order valence-corrected chi connectivity index (χ2v) is 8.03. The first kappa shape index (κ1) is 24.1. The number of nitrogens with one attached hydrogen (secondary N) is 1. The fourth-order valence-electron chi connectivity index (χ4n) is 3.49. The smallest absolute Gasteiger partial charge is 0.417 e. The number of methoxy groups -OCH3 is 1. The van der Waals surface area contributed by atoms with Crippen molar-refractivity contribution < 1.29 is 27.4 Å². The number of hydrogen-bond acceptors (Lipinski definition) is 5. The molecule has 2 heterocycles. The van der Waals surface area contributed by atoms with Gasteiger partial charge in [0, 0.05) is 32.3 Å². The van der Waals surface area contributed by atoms with E-state index >= 15 is 0 Å². The Hall–Kier alpha value is -2.52. The fraction of sp³-hybridized carbons (Fsp3) is 0.455. The summed E-state index contributed by atoms with van der Waals surface area (Å²) in [5, 5.41) is 2.88. The minimum Gasteiger partial charge on any atom is -0.489 e. The summed E-state index contributed by atoms with van der Waals surface area (Å²) in [4.78, 5) is 18.5. The second-order valence-electron chi connectivity index (χ2n) is 7.62. The molecule has 0 atom stereocenters. The molecule has 1 aromatic heterocycles. The molecule has 0 saturated carbocycles. The number of rotatable bonds is 7. The van der Waals surface area contributed by atoms with E-state index in [-0.39, 0.29) is 16.8 Å². The van der Waals surface area contributed by atoms with Gasteiger partial charge in [-0.15, -0.1) is 0 Å². The second kappa shape index (κ2) is 10.4. The molecule has 0 spiro atoms. The number of anilines is 2. The highest BCUT2D eigenvalue weighted by molar-refractivity contribution is 6.33. The van der Waals surface area contributed by atoms with Gasteiger partial charge >= 0.3 is 6.18 Å². The first-order chi connectivity index (χ1) is 15.2. The number of alkyl halides is 3. The minimum atomic E-state index is -4.50. The van der Waals surface area contributed by atoms with Gasteiger partial charge in [0.15, 0.2) is 0 Å². The van der Waals surface area contributed by atoms with E-state index in [2.05, 4.69) is 10.3 Å². The molecule has 3 rings (SSSR count). The number of halogens is 4. The lowest BCUT2D eigenvalue weighted by Crippen LogP contribution is -2.38. The van der Waals surface area contributed by atoms with Crippen LogP contribution in [0.4, 0.5) is 24.7 Å². The molecule has 1 N–H and O–H groups in total. The van der Waals surface area contributed by atoms with E-state index in [4.69, 9.17) is 21.1 Å². The zero-order valence-corrected chi connectivity index (χ0v) is 18.6. The maximum atomic E-state index is 12.8. The molecular formula is C22H25ClF3N3O3. The van der Waals surface area contributed by atoms with Crippen LogP contribution in [-0.2, 0) is 15.7 Å². The first-order valence-corrected chi connectivity index (χ1v) is 10.6. The van der Waals surface area contributed by atoms with E-state index in [9.17, 15) is 18.0 Å². The average Bonchev–Trinajstić information content (AvgIpc) is 2.75. The van der Waals surface area contributed by atoms with Crippen LogP contribution < -0.4 is 15.0 Å². The quantitative estimate of drug-likeness (QED) is 0.579. The van der Waals surface area contributed by atoms with Crippen LogP contribution in [0, 0.1) is 12.8 Å². The van der Waals surface area contributed by atoms with Gasteiger partial charge in [0.1, 0.15) is 18.2 Å². The van der Waals surface area contributed by atoms with Crippen molar-refractivity contribution in [3.05, 3.63) is 46.6 Å². The first-order valence-electron chi connectivity index (χ1n) is 10.2. The lowest BCUT2D eigenvalue weighted by molar-refractivity contribution is -0.137. The van der Waals surface area contributed by atoms with Crippen molar-refractivity contribution in [3.63, 3.8) is 0 Å². The monoisotopic (exact) mass is 471 g/mol. The van der Waals surface area contributed by atoms with Gasteiger partial charge in [0.25, 0.3) is 0 Å². The van der Waals surface area contributed by atoms with Crippen LogP contribution >= 0.6 is 11.6 Å². The number of piperidine rings is 1. The fourth-order valence-corrected chi connectivity index (χ4v) is 3.78. The lowest BCUT2D eigenvalue weighted by atomic mass is 9.95. The van der Waals surface area contributed by atoms with Gasteiger partial charge < -0.3 is 19.7 Å². The van der Waals surface area contributed by atoms with Gasteiger partial charge in [0.2, 0.25) is 5.91 Å². The van der Waals surface area contributed by atoms with Crippen LogP contribution in [0.3, 0.4) is 0 Å². The third-order valence-electron chi connectivity index (χ3n) is 5.25. The summed E-state index contributed by atoms with van der Waals surface area (Å²) in [5.74, 6) is 0.503. The number of ether oxygens (including phenoxy) is 2. The summed E-state index contributed by atoms with van der Waals surface area (Å²) >= 11 is 6.05. The van der Waals surface area contributed by atoms with Gasteiger partial charge in [-0.2, -0.15) is 13.2 Å². The van der Waals surface area contributed by atoms with Gasteiger partial charge in [-0.25, -0.2) is 4.98 Å². The molecule has 0 aliphatic carbocycles. The highest BCUT2D eigenvalue weighted by Gasteiger charge is 2.33. The highest BCUT2D eigenvalue weighted by Crippen LogP contribution is 2.35. The van der Waals surface area contributed by atoms with E-state index in [0.717, 1.165) is 17.8 Å². The van der Waals surface area contributed by atoms with Crippen LogP contribution in [0.1, 0.15) is 24.0 Å². The Kier molecular flexibility index (Phi) is 7.84. The Balaban J connectivity index is 1.61. The zero-order valence-electron chi connectivity index (χ0n) is 17.8. The SMILES string of the molecule is COCCOc1cc(C)ccc1NC(=O)C1CCN(c2ncc(C(F)(F)F)cc2Cl)CC1. The number of pyridine rings is 1. The lowest BCUT2D eigenvalue weighted by Gasteiger charge is -2.32. The molecule has 1 amide bonds. The Morgan fingerprint density at radius 1 is 1.25 bits per heavy atom. The molecule has 1 fully saturated rings. The molecule has 0 radical (unpaired) electrons. The molecule has 1 aliphatic heterocycles. The topological polar surface area (TPSA) is 63.7 Å². The van der Waals surface area contributed by atoms with E-state index in [0.29, 0.717) is 56.4 Å². The summed E-state index contributed by atoms with van der Waals surface area (Å²) in [5.41, 5.74) is 0.707. The molecule has 1 saturated heterocycles. The van der Waals surface area contributed by atoms with Crippen molar-refractivity contribution in [2.45, 2.75) is 25.9 Å². The number of carbonyl (C=O) groups is 1. The van der Waals surface area contributed by atoms with Crippen molar-refractivity contribution in [1.29, 1.82) is 0 Å². The Morgan fingerprint density at radius 3 is 2.59 bits per heavy atom. The van der Waals surface area contributed by atoms with E-state index in [1.165, 1.54) is 0 Å². The zero-order chi connectivity index (χ0) is 23.3. The van der Waals surface area contributed by atoms with Crippen molar-refractivity contribution in [3.8, 4) is 5.75 Å². The number of carbonyl (C=O) groups excluding carboxylic acids is 1. The molecule has 6 nitrogen and oxygen atoms in total. The number of nitrogens with zero attached hydrogens (tertiary/aromatic N) is 2. The molecule has 0 bridgehead atoms. The van der Waals surface area contributed by atoms with Gasteiger partial charge in [-0.1, -0.05) is 17.7 Å². The van der Waals surface area contributed by atoms with Gasteiger partial charge in [0.05, 0.1) is 22.9 Å². The number of aryl methyl sites for hydroxylation is 1. The van der Waals surface area contributed by atoms with Crippen molar-refractivity contribution in [2.24, 2.45) is 5.92 Å². The normalized spacial score (nSPS) is 15.0. The Bertz CT molecular complexity index is 948. The Morgan fingerprint density at radius 2 is 1.97 bits per heavy atom. The summed E-state index contributed by atoms with van der Waals surface area (Å²) in [7, 11) is 1.59. The van der Waals surface area contributed by atoms with Gasteiger partial charge in [-0.3, -0.25) is 4.79 Å². The molecule has 0 unspecified atom stereocenters. The van der Waals surface area contributed by atoms with Crippen molar-refractivity contribution in [1.82, 2.24) is 4.98 Å². The molecule has 174 valence electrons. The minimum absolute atomic E-state index is 0.0553. The molecule has 32 heavy (non-hydrogen) atoms. The molecule has 1 aromatic carbocycles. The summed E-state index contributed by atoms with van der Waals surface area (Å²) in [6, 6.07) is 6.42. The Labute approximate surface area is 189 Å². The summed E-state index contributed by atoms with van der Waals surface area (Å²) in [6.07, 6.45) is -2.67. The third kappa shape index (κ3) is 6.04. The van der Waals surface area contributed by atoms with Crippen LogP contribution in [0.5, 0.6) is 5.75 Å². The van der Waals surface area contributed by atoms with Crippen LogP contribution in [0.2, 0.25) is 5.02 Å². The number of amides is 1. The van der Waals surface area contributed by atoms with Crippen LogP contribution in [-0.4, -0.2) is 44.3 Å². The molecule has 10 heteroatoms. The van der Waals surface area contributed by atoms with E-state index in [1.54, 1.807) is 18.1 Å². The summed E-state index contributed by atoms with van der Waals surface area (Å²) in [6.45, 7) is 3.65. The maximum absolute atomic E-state index is 12.8. The van der Waals surface area contributed by atoms with E-state index < -0.39 is 11.7 Å². The highest BCUT2D eigenvalue weighted by atomic mass is 35.5. The predicted molar refractivity (Wildman–Crippen MR) is 116 cm³/mol. The molecule has 1 aliphatic rings. The van der Waals surface area contributed by atoms with Gasteiger partial charge in [-0.05, 0) is 43.5 Å². The average molecular weight is 472 g/mol. The largest absolute Gasteiger partial charge is 0.489 e. The maximum Gasteiger partial charge on any atom is 0.417 e. The molecular weight excluding hydrogens is 447 g/mol.